The number of nitro groups is 1. The van der Waals surface area contributed by atoms with Crippen molar-refractivity contribution in [3.63, 3.8) is 0 Å². The molecule has 13 heteroatoms. The number of anilines is 1. The van der Waals surface area contributed by atoms with Crippen LogP contribution in [-0.2, 0) is 4.79 Å². The summed E-state index contributed by atoms with van der Waals surface area (Å²) in [6.07, 6.45) is 1.30. The van der Waals surface area contributed by atoms with E-state index in [-0.39, 0.29) is 41.1 Å². The largest absolute Gasteiger partial charge is 0.494 e. The van der Waals surface area contributed by atoms with E-state index in [0.29, 0.717) is 23.1 Å². The predicted octanol–water partition coefficient (Wildman–Crippen LogP) is 7.24. The number of rotatable bonds is 13. The zero-order valence-electron chi connectivity index (χ0n) is 28.2. The van der Waals surface area contributed by atoms with Crippen LogP contribution in [-0.4, -0.2) is 46.5 Å². The summed E-state index contributed by atoms with van der Waals surface area (Å²) < 4.78 is 31.9. The maximum Gasteiger partial charge on any atom is 0.315 e. The van der Waals surface area contributed by atoms with Gasteiger partial charge in [0.2, 0.25) is 5.75 Å². The first-order valence-corrected chi connectivity index (χ1v) is 16.0. The van der Waals surface area contributed by atoms with Crippen molar-refractivity contribution in [2.45, 2.75) is 40.5 Å². The first-order chi connectivity index (χ1) is 24.0. The number of aryl methyl sites for hydroxylation is 1. The third-order valence-corrected chi connectivity index (χ3v) is 7.61. The Morgan fingerprint density at radius 2 is 1.76 bits per heavy atom. The Hall–Kier alpha value is -6.11. The molecular formula is C37H36FN5O7. The fourth-order valence-electron chi connectivity index (χ4n) is 5.33. The van der Waals surface area contributed by atoms with E-state index in [1.54, 1.807) is 31.2 Å². The highest BCUT2D eigenvalue weighted by Gasteiger charge is 2.24. The Labute approximate surface area is 287 Å². The predicted molar refractivity (Wildman–Crippen MR) is 189 cm³/mol. The van der Waals surface area contributed by atoms with E-state index in [0.717, 1.165) is 22.9 Å². The minimum absolute atomic E-state index is 0.0187. The smallest absolute Gasteiger partial charge is 0.315 e. The van der Waals surface area contributed by atoms with E-state index in [1.165, 1.54) is 41.2 Å². The quantitative estimate of drug-likeness (QED) is 0.0777. The van der Waals surface area contributed by atoms with Gasteiger partial charge in [0, 0.05) is 22.9 Å². The molecule has 0 bridgehead atoms. The van der Waals surface area contributed by atoms with Gasteiger partial charge < -0.3 is 19.5 Å². The van der Waals surface area contributed by atoms with Crippen molar-refractivity contribution in [1.29, 1.82) is 0 Å². The molecule has 258 valence electrons. The van der Waals surface area contributed by atoms with Gasteiger partial charge in [-0.15, -0.1) is 0 Å². The monoisotopic (exact) mass is 681 g/mol. The van der Waals surface area contributed by atoms with Crippen molar-refractivity contribution in [3.8, 4) is 28.6 Å². The molecule has 0 aliphatic heterocycles. The van der Waals surface area contributed by atoms with Gasteiger partial charge in [-0.2, -0.15) is 9.78 Å². The summed E-state index contributed by atoms with van der Waals surface area (Å²) in [5.74, 6) is -0.388. The Morgan fingerprint density at radius 1 is 1.02 bits per heavy atom. The van der Waals surface area contributed by atoms with Gasteiger partial charge in [-0.1, -0.05) is 32.0 Å². The second kappa shape index (κ2) is 15.4. The normalized spacial score (nSPS) is 11.3. The molecule has 5 rings (SSSR count). The molecule has 0 saturated carbocycles. The minimum atomic E-state index is -0.675. The number of benzene rings is 4. The molecule has 1 amide bonds. The van der Waals surface area contributed by atoms with Crippen molar-refractivity contribution in [3.05, 3.63) is 116 Å². The topological polar surface area (TPSA) is 147 Å². The highest BCUT2D eigenvalue weighted by Crippen LogP contribution is 2.39. The van der Waals surface area contributed by atoms with E-state index < -0.39 is 34.5 Å². The molecule has 1 N–H and O–H groups in total. The molecule has 0 aliphatic rings. The Morgan fingerprint density at radius 3 is 2.46 bits per heavy atom. The Balaban J connectivity index is 1.57. The van der Waals surface area contributed by atoms with Gasteiger partial charge in [0.15, 0.2) is 18.2 Å². The van der Waals surface area contributed by atoms with Crippen molar-refractivity contribution in [2.24, 2.45) is 5.10 Å². The van der Waals surface area contributed by atoms with Crippen molar-refractivity contribution in [2.75, 3.05) is 25.1 Å². The number of hydrogen-bond acceptors (Lipinski definition) is 9. The number of amides is 1. The van der Waals surface area contributed by atoms with Gasteiger partial charge in [0.1, 0.15) is 11.6 Å². The van der Waals surface area contributed by atoms with Crippen LogP contribution in [0.5, 0.6) is 17.2 Å². The zero-order valence-corrected chi connectivity index (χ0v) is 28.2. The Kier molecular flexibility index (Phi) is 10.8. The summed E-state index contributed by atoms with van der Waals surface area (Å²) in [7, 11) is 0. The van der Waals surface area contributed by atoms with Crippen LogP contribution in [0.25, 0.3) is 22.3 Å². The van der Waals surface area contributed by atoms with Crippen LogP contribution in [0.3, 0.4) is 0 Å². The number of halogens is 1. The summed E-state index contributed by atoms with van der Waals surface area (Å²) in [5.41, 5.74) is 2.36. The number of ether oxygens (including phenoxy) is 3. The van der Waals surface area contributed by atoms with Crippen LogP contribution in [0, 0.1) is 22.9 Å². The second-order valence-electron chi connectivity index (χ2n) is 11.5. The number of hydrogen-bond donors (Lipinski definition) is 1. The zero-order chi connectivity index (χ0) is 35.9. The lowest BCUT2D eigenvalue weighted by Crippen LogP contribution is -2.21. The highest BCUT2D eigenvalue weighted by atomic mass is 19.1. The van der Waals surface area contributed by atoms with Crippen molar-refractivity contribution in [1.82, 2.24) is 9.66 Å². The van der Waals surface area contributed by atoms with Crippen molar-refractivity contribution < 1.29 is 28.3 Å². The van der Waals surface area contributed by atoms with E-state index in [9.17, 15) is 24.1 Å². The molecular weight excluding hydrogens is 645 g/mol. The van der Waals surface area contributed by atoms with Gasteiger partial charge in [-0.3, -0.25) is 19.7 Å². The van der Waals surface area contributed by atoms with Crippen LogP contribution in [0.1, 0.15) is 50.3 Å². The summed E-state index contributed by atoms with van der Waals surface area (Å²) >= 11 is 0. The van der Waals surface area contributed by atoms with Crippen LogP contribution in [0.4, 0.5) is 15.8 Å². The first-order valence-electron chi connectivity index (χ1n) is 16.0. The van der Waals surface area contributed by atoms with Crippen LogP contribution >= 0.6 is 0 Å². The molecule has 0 radical (unpaired) electrons. The maximum absolute atomic E-state index is 13.9. The van der Waals surface area contributed by atoms with E-state index in [1.807, 2.05) is 39.8 Å². The van der Waals surface area contributed by atoms with Crippen LogP contribution < -0.4 is 25.1 Å². The molecule has 50 heavy (non-hydrogen) atoms. The first kappa shape index (κ1) is 35.2. The molecule has 0 aliphatic carbocycles. The van der Waals surface area contributed by atoms with E-state index in [2.05, 4.69) is 10.4 Å². The SMILES string of the molecule is CCOc1cc(C)c(-c2nc3ccccc3c(=O)n2N=Cc2cc(OCC)c(OCC(=O)Nc3cccc(F)c3)c([N+](=O)[O-])c2)cc1C(C)C. The second-order valence-corrected chi connectivity index (χ2v) is 11.5. The lowest BCUT2D eigenvalue weighted by Gasteiger charge is -2.18. The number of carbonyl (C=O) groups excluding carboxylic acids is 1. The lowest BCUT2D eigenvalue weighted by molar-refractivity contribution is -0.385. The lowest BCUT2D eigenvalue weighted by atomic mass is 9.96. The van der Waals surface area contributed by atoms with Gasteiger partial charge in [-0.05, 0) is 86.3 Å². The molecule has 4 aromatic carbocycles. The summed E-state index contributed by atoms with van der Waals surface area (Å²) in [6, 6.07) is 18.7. The molecule has 0 saturated heterocycles. The van der Waals surface area contributed by atoms with Crippen LogP contribution in [0.15, 0.2) is 82.7 Å². The Bertz CT molecular complexity index is 2160. The minimum Gasteiger partial charge on any atom is -0.494 e. The average Bonchev–Trinajstić information content (AvgIpc) is 3.07. The number of nitro benzene ring substituents is 1. The van der Waals surface area contributed by atoms with Gasteiger partial charge >= 0.3 is 5.69 Å². The number of fused-ring (bicyclic) bond motifs is 1. The van der Waals surface area contributed by atoms with Gasteiger partial charge in [0.25, 0.3) is 11.5 Å². The molecule has 0 spiro atoms. The van der Waals surface area contributed by atoms with Gasteiger partial charge in [0.05, 0.1) is 35.3 Å². The van der Waals surface area contributed by atoms with E-state index >= 15 is 0 Å². The summed E-state index contributed by atoms with van der Waals surface area (Å²) in [5, 5.41) is 19.5. The molecule has 0 unspecified atom stereocenters. The molecule has 0 fully saturated rings. The molecule has 12 nitrogen and oxygen atoms in total. The molecule has 0 atom stereocenters. The van der Waals surface area contributed by atoms with Gasteiger partial charge in [-0.25, -0.2) is 9.37 Å². The molecule has 5 aromatic rings. The number of para-hydroxylation sites is 1. The summed E-state index contributed by atoms with van der Waals surface area (Å²) in [6.45, 7) is 9.58. The fraction of sp³-hybridized carbons (Fsp3) is 0.243. The number of nitrogens with zero attached hydrogens (tertiary/aromatic N) is 4. The standard InChI is InChI=1S/C37H36FN5O7/c1-6-48-32-15-23(5)29(19-28(32)22(3)4)36-41-30-14-9-8-13-27(30)37(45)42(36)39-20-24-16-31(43(46)47)35(33(17-24)49-7-2)50-21-34(44)40-26-12-10-11-25(38)18-26/h8-20,22H,6-7,21H2,1-5H3,(H,40,44). The number of nitrogens with one attached hydrogen (secondary N) is 1. The maximum atomic E-state index is 13.9. The number of aromatic nitrogens is 2. The molecule has 1 heterocycles. The highest BCUT2D eigenvalue weighted by molar-refractivity contribution is 5.92. The fourth-order valence-corrected chi connectivity index (χ4v) is 5.33. The van der Waals surface area contributed by atoms with Crippen molar-refractivity contribution >= 4 is 34.4 Å². The van der Waals surface area contributed by atoms with Crippen LogP contribution in [0.2, 0.25) is 0 Å². The third kappa shape index (κ3) is 7.78. The average molecular weight is 682 g/mol. The molecule has 1 aromatic heterocycles. The number of carbonyl (C=O) groups is 1. The van der Waals surface area contributed by atoms with E-state index in [4.69, 9.17) is 19.2 Å². The third-order valence-electron chi connectivity index (χ3n) is 7.61. The summed E-state index contributed by atoms with van der Waals surface area (Å²) in [4.78, 5) is 42.8.